The fourth-order valence-electron chi connectivity index (χ4n) is 5.04. The lowest BCUT2D eigenvalue weighted by atomic mass is 10.0. The molecule has 1 fully saturated rings. The number of rotatable bonds is 8. The number of ether oxygens (including phenoxy) is 1. The molecule has 0 spiro atoms. The Morgan fingerprint density at radius 1 is 1.08 bits per heavy atom. The van der Waals surface area contributed by atoms with Crippen molar-refractivity contribution in [3.63, 3.8) is 0 Å². The summed E-state index contributed by atoms with van der Waals surface area (Å²) >= 11 is 0. The molecule has 5 rings (SSSR count). The fraction of sp³-hybridized carbons (Fsp3) is 0.481. The van der Waals surface area contributed by atoms with E-state index in [1.807, 2.05) is 23.0 Å². The highest BCUT2D eigenvalue weighted by atomic mass is 28.3. The second-order valence-electron chi connectivity index (χ2n) is 11.2. The topological polar surface area (TPSA) is 65.4 Å². The molecule has 0 aliphatic carbocycles. The molecule has 0 bridgehead atoms. The first kappa shape index (κ1) is 26.7. The molecule has 0 saturated carbocycles. The minimum atomic E-state index is -4.48. The van der Waals surface area contributed by atoms with Gasteiger partial charge >= 0.3 is 6.18 Å². The minimum Gasteiger partial charge on any atom is -0.455 e. The number of halogens is 3. The normalized spacial score (nSPS) is 16.2. The summed E-state index contributed by atoms with van der Waals surface area (Å²) in [5, 5.41) is 1.49. The van der Waals surface area contributed by atoms with Gasteiger partial charge in [-0.15, -0.1) is 0 Å². The van der Waals surface area contributed by atoms with Gasteiger partial charge in [-0.25, -0.2) is 4.98 Å². The number of furan rings is 1. The van der Waals surface area contributed by atoms with Crippen molar-refractivity contribution >= 4 is 30.0 Å². The van der Waals surface area contributed by atoms with E-state index in [0.29, 0.717) is 44.1 Å². The van der Waals surface area contributed by atoms with Crippen LogP contribution in [0.15, 0.2) is 52.1 Å². The highest BCUT2D eigenvalue weighted by Gasteiger charge is 2.35. The van der Waals surface area contributed by atoms with Crippen LogP contribution in [0.25, 0.3) is 21.9 Å². The zero-order valence-electron chi connectivity index (χ0n) is 21.9. The third kappa shape index (κ3) is 5.74. The number of piperidine rings is 1. The summed E-state index contributed by atoms with van der Waals surface area (Å²) in [4.78, 5) is 19.4. The van der Waals surface area contributed by atoms with E-state index in [0.717, 1.165) is 41.5 Å². The van der Waals surface area contributed by atoms with Crippen molar-refractivity contribution < 1.29 is 22.3 Å². The Hall–Kier alpha value is -2.89. The van der Waals surface area contributed by atoms with E-state index in [9.17, 15) is 18.0 Å². The Morgan fingerprint density at radius 2 is 1.84 bits per heavy atom. The molecule has 0 amide bonds. The van der Waals surface area contributed by atoms with Gasteiger partial charge in [-0.3, -0.25) is 9.69 Å². The maximum Gasteiger partial charge on any atom is 0.449 e. The summed E-state index contributed by atoms with van der Waals surface area (Å²) in [7, 11) is -1.18. The van der Waals surface area contributed by atoms with E-state index in [4.69, 9.17) is 9.15 Å². The first-order valence-corrected chi connectivity index (χ1v) is 16.6. The molecule has 0 N–H and O–H groups in total. The van der Waals surface area contributed by atoms with Crippen LogP contribution < -0.4 is 5.43 Å². The average molecular weight is 547 g/mol. The lowest BCUT2D eigenvalue weighted by Crippen LogP contribution is -2.34. The second-order valence-corrected chi connectivity index (χ2v) is 16.9. The van der Waals surface area contributed by atoms with Crippen LogP contribution in [0.1, 0.15) is 30.4 Å². The van der Waals surface area contributed by atoms with Gasteiger partial charge in [-0.2, -0.15) is 13.2 Å². The highest BCUT2D eigenvalue weighted by molar-refractivity contribution is 6.76. The molecule has 11 heteroatoms. The van der Waals surface area contributed by atoms with Crippen molar-refractivity contribution in [2.45, 2.75) is 64.0 Å². The molecule has 0 aromatic carbocycles. The largest absolute Gasteiger partial charge is 0.455 e. The number of aromatic nitrogens is 3. The van der Waals surface area contributed by atoms with Crippen LogP contribution >= 0.6 is 0 Å². The Labute approximate surface area is 219 Å². The molecule has 7 nitrogen and oxygen atoms in total. The molecule has 4 aromatic heterocycles. The molecule has 0 unspecified atom stereocenters. The summed E-state index contributed by atoms with van der Waals surface area (Å²) < 4.78 is 53.7. The van der Waals surface area contributed by atoms with Crippen molar-refractivity contribution in [2.24, 2.45) is 0 Å². The maximum absolute atomic E-state index is 12.9. The SMILES string of the molecule is C[Si](C)(C)CCOCn1ccc2c1ncc1c(=O)ccn(C3CCN(Cc4ccc(C(F)(F)F)o4)CC3)c12. The molecule has 4 aromatic rings. The van der Waals surface area contributed by atoms with Gasteiger partial charge in [0, 0.05) is 63.9 Å². The van der Waals surface area contributed by atoms with Crippen LogP contribution in [0.2, 0.25) is 25.7 Å². The Balaban J connectivity index is 1.33. The van der Waals surface area contributed by atoms with Crippen LogP contribution in [-0.2, 0) is 24.2 Å². The summed E-state index contributed by atoms with van der Waals surface area (Å²) in [6.45, 7) is 9.83. The van der Waals surface area contributed by atoms with E-state index in [2.05, 4.69) is 34.1 Å². The molecule has 1 saturated heterocycles. The van der Waals surface area contributed by atoms with Crippen molar-refractivity contribution in [3.05, 3.63) is 64.6 Å². The summed E-state index contributed by atoms with van der Waals surface area (Å²) in [6, 6.07) is 7.19. The van der Waals surface area contributed by atoms with Crippen LogP contribution in [0.4, 0.5) is 13.2 Å². The first-order chi connectivity index (χ1) is 18.0. The number of pyridine rings is 2. The van der Waals surface area contributed by atoms with E-state index >= 15 is 0 Å². The molecular formula is C27H33F3N4O3Si. The lowest BCUT2D eigenvalue weighted by Gasteiger charge is -2.33. The molecule has 1 aliphatic rings. The molecule has 5 heterocycles. The molecular weight excluding hydrogens is 513 g/mol. The molecule has 1 aliphatic heterocycles. The van der Waals surface area contributed by atoms with Crippen molar-refractivity contribution in [3.8, 4) is 0 Å². The summed E-state index contributed by atoms with van der Waals surface area (Å²) in [5.41, 5.74) is 1.57. The van der Waals surface area contributed by atoms with Crippen molar-refractivity contribution in [2.75, 3.05) is 19.7 Å². The van der Waals surface area contributed by atoms with Crippen molar-refractivity contribution in [1.29, 1.82) is 0 Å². The minimum absolute atomic E-state index is 0.0690. The fourth-order valence-corrected chi connectivity index (χ4v) is 5.79. The molecule has 38 heavy (non-hydrogen) atoms. The summed E-state index contributed by atoms with van der Waals surface area (Å²) in [5.74, 6) is -0.654. The Kier molecular flexibility index (Phi) is 7.27. The number of alkyl halides is 3. The lowest BCUT2D eigenvalue weighted by molar-refractivity contribution is -0.153. The first-order valence-electron chi connectivity index (χ1n) is 12.9. The van der Waals surface area contributed by atoms with Crippen LogP contribution in [0.3, 0.4) is 0 Å². The van der Waals surface area contributed by atoms with Crippen LogP contribution in [0.5, 0.6) is 0 Å². The molecule has 204 valence electrons. The number of hydrogen-bond donors (Lipinski definition) is 0. The van der Waals surface area contributed by atoms with Gasteiger partial charge in [-0.05, 0) is 37.1 Å². The molecule has 0 atom stereocenters. The number of nitrogens with zero attached hydrogens (tertiary/aromatic N) is 4. The van der Waals surface area contributed by atoms with Crippen LogP contribution in [0, 0.1) is 0 Å². The monoisotopic (exact) mass is 546 g/mol. The van der Waals surface area contributed by atoms with E-state index < -0.39 is 20.0 Å². The Morgan fingerprint density at radius 3 is 2.53 bits per heavy atom. The van der Waals surface area contributed by atoms with Crippen LogP contribution in [-0.4, -0.2) is 46.8 Å². The second kappa shape index (κ2) is 10.3. The van der Waals surface area contributed by atoms with Crippen molar-refractivity contribution in [1.82, 2.24) is 19.0 Å². The number of likely N-dealkylation sites (tertiary alicyclic amines) is 1. The zero-order valence-corrected chi connectivity index (χ0v) is 22.9. The van der Waals surface area contributed by atoms with Gasteiger partial charge < -0.3 is 18.3 Å². The smallest absolute Gasteiger partial charge is 0.449 e. The zero-order chi connectivity index (χ0) is 27.1. The standard InChI is InChI=1S/C27H33F3N4O3Si/c1-38(2,3)15-14-36-18-33-12-8-21-25-22(16-31-26(21)33)23(35)9-13-34(25)19-6-10-32(11-7-19)17-20-4-5-24(37-20)27(28,29)30/h4-5,8-9,12-13,16,19H,6-7,10-11,14-15,17-18H2,1-3H3. The van der Waals surface area contributed by atoms with Gasteiger partial charge in [0.15, 0.2) is 5.43 Å². The maximum atomic E-state index is 12.9. The quantitative estimate of drug-likeness (QED) is 0.197. The predicted molar refractivity (Wildman–Crippen MR) is 143 cm³/mol. The van der Waals surface area contributed by atoms with Gasteiger partial charge in [0.1, 0.15) is 18.1 Å². The number of fused-ring (bicyclic) bond motifs is 3. The third-order valence-electron chi connectivity index (χ3n) is 7.17. The van der Waals surface area contributed by atoms with E-state index in [1.54, 1.807) is 12.3 Å². The molecule has 0 radical (unpaired) electrons. The van der Waals surface area contributed by atoms with E-state index in [1.165, 1.54) is 6.07 Å². The van der Waals surface area contributed by atoms with Gasteiger partial charge in [0.05, 0.1) is 17.4 Å². The predicted octanol–water partition coefficient (Wildman–Crippen LogP) is 6.11. The average Bonchev–Trinajstić information content (AvgIpc) is 3.49. The van der Waals surface area contributed by atoms with Gasteiger partial charge in [-0.1, -0.05) is 19.6 Å². The summed E-state index contributed by atoms with van der Waals surface area (Å²) in [6.07, 6.45) is 2.59. The van der Waals surface area contributed by atoms with Gasteiger partial charge in [0.2, 0.25) is 5.76 Å². The highest BCUT2D eigenvalue weighted by Crippen LogP contribution is 2.33. The Bertz CT molecular complexity index is 1480. The third-order valence-corrected chi connectivity index (χ3v) is 8.87. The van der Waals surface area contributed by atoms with Gasteiger partial charge in [0.25, 0.3) is 0 Å². The van der Waals surface area contributed by atoms with E-state index in [-0.39, 0.29) is 11.5 Å². The number of hydrogen-bond acceptors (Lipinski definition) is 5.